The molecule has 0 spiro atoms. The minimum Gasteiger partial charge on any atom is -0.489 e. The topological polar surface area (TPSA) is 41.6 Å². The molecule has 1 aliphatic rings. The van der Waals surface area contributed by atoms with E-state index in [0.717, 1.165) is 49.4 Å². The monoisotopic (exact) mass is 440 g/mol. The third-order valence-corrected chi connectivity index (χ3v) is 5.51. The van der Waals surface area contributed by atoms with Crippen LogP contribution in [0.1, 0.15) is 30.4 Å². The third-order valence-electron chi connectivity index (χ3n) is 4.69. The largest absolute Gasteiger partial charge is 0.489 e. The quantitative estimate of drug-likeness (QED) is 0.535. The average molecular weight is 442 g/mol. The fourth-order valence-electron chi connectivity index (χ4n) is 3.18. The lowest BCUT2D eigenvalue weighted by atomic mass is 10.2. The molecular weight excluding hydrogens is 419 g/mol. The van der Waals surface area contributed by atoms with Gasteiger partial charge in [0.25, 0.3) is 0 Å². The van der Waals surface area contributed by atoms with E-state index in [4.69, 9.17) is 39.5 Å². The number of benzene rings is 2. The maximum atomic E-state index is 11.6. The van der Waals surface area contributed by atoms with Crippen molar-refractivity contribution >= 4 is 40.7 Å². The fraction of sp³-hybridized carbons (Fsp3) is 0.381. The average Bonchev–Trinajstić information content (AvgIpc) is 3.07. The summed E-state index contributed by atoms with van der Waals surface area (Å²) in [6.07, 6.45) is 2.59. The van der Waals surface area contributed by atoms with Crippen molar-refractivity contribution in [1.82, 2.24) is 10.2 Å². The van der Waals surface area contributed by atoms with E-state index in [0.29, 0.717) is 34.6 Å². The summed E-state index contributed by atoms with van der Waals surface area (Å²) in [5.74, 6) is 1.03. The molecule has 7 heteroatoms. The number of hydrogen-bond acceptors (Lipinski definition) is 3. The van der Waals surface area contributed by atoms with Crippen molar-refractivity contribution in [1.29, 1.82) is 0 Å². The second-order valence-electron chi connectivity index (χ2n) is 6.79. The number of rotatable bonds is 9. The number of amides is 1. The van der Waals surface area contributed by atoms with Gasteiger partial charge in [0.2, 0.25) is 5.91 Å². The van der Waals surface area contributed by atoms with E-state index in [9.17, 15) is 4.79 Å². The van der Waals surface area contributed by atoms with E-state index < -0.39 is 0 Å². The summed E-state index contributed by atoms with van der Waals surface area (Å²) in [6.45, 7) is 3.50. The molecule has 0 atom stereocenters. The van der Waals surface area contributed by atoms with Gasteiger partial charge < -0.3 is 15.0 Å². The lowest BCUT2D eigenvalue weighted by Gasteiger charge is -2.16. The first-order valence-corrected chi connectivity index (χ1v) is 10.5. The molecule has 2 aromatic rings. The molecule has 0 bridgehead atoms. The minimum absolute atomic E-state index is 0.270. The zero-order valence-electron chi connectivity index (χ0n) is 15.5. The smallest absolute Gasteiger partial charge is 0.222 e. The molecule has 1 amide bonds. The van der Waals surface area contributed by atoms with E-state index in [1.54, 1.807) is 12.1 Å². The Kier molecular flexibility index (Phi) is 7.86. The maximum absolute atomic E-state index is 11.6. The molecule has 150 valence electrons. The summed E-state index contributed by atoms with van der Waals surface area (Å²) in [5.41, 5.74) is 1.85. The number of ether oxygens (including phenoxy) is 1. The number of halogens is 3. The standard InChI is InChI=1S/C21H23Cl3N2O2/c22-17-6-7-20(28-14-15-4-5-18(23)12-19(15)24)16(11-17)13-25-8-2-10-26-9-1-3-21(26)27/h4-7,11-12,25H,1-3,8-10,13-14H2. The van der Waals surface area contributed by atoms with E-state index >= 15 is 0 Å². The van der Waals surface area contributed by atoms with Gasteiger partial charge in [-0.3, -0.25) is 4.79 Å². The zero-order chi connectivity index (χ0) is 19.9. The van der Waals surface area contributed by atoms with Gasteiger partial charge in [0, 0.05) is 52.2 Å². The van der Waals surface area contributed by atoms with Gasteiger partial charge in [0.1, 0.15) is 12.4 Å². The number of carbonyl (C=O) groups excluding carboxylic acids is 1. The highest BCUT2D eigenvalue weighted by Crippen LogP contribution is 2.26. The minimum atomic E-state index is 0.270. The van der Waals surface area contributed by atoms with Crippen molar-refractivity contribution in [2.75, 3.05) is 19.6 Å². The molecule has 1 heterocycles. The number of likely N-dealkylation sites (tertiary alicyclic amines) is 1. The van der Waals surface area contributed by atoms with Crippen LogP contribution >= 0.6 is 34.8 Å². The second kappa shape index (κ2) is 10.4. The van der Waals surface area contributed by atoms with E-state index in [2.05, 4.69) is 5.32 Å². The first-order valence-electron chi connectivity index (χ1n) is 9.36. The molecule has 0 aliphatic carbocycles. The number of nitrogens with zero attached hydrogens (tertiary/aromatic N) is 1. The van der Waals surface area contributed by atoms with Crippen LogP contribution in [0.25, 0.3) is 0 Å². The van der Waals surface area contributed by atoms with Crippen LogP contribution in [0, 0.1) is 0 Å². The number of nitrogens with one attached hydrogen (secondary N) is 1. The van der Waals surface area contributed by atoms with Crippen LogP contribution in [-0.2, 0) is 17.9 Å². The first-order chi connectivity index (χ1) is 13.5. The molecule has 0 radical (unpaired) electrons. The Morgan fingerprint density at radius 2 is 1.82 bits per heavy atom. The molecule has 1 saturated heterocycles. The van der Waals surface area contributed by atoms with Gasteiger partial charge in [0.05, 0.1) is 0 Å². The zero-order valence-corrected chi connectivity index (χ0v) is 17.8. The van der Waals surface area contributed by atoms with Crippen LogP contribution in [0.3, 0.4) is 0 Å². The maximum Gasteiger partial charge on any atom is 0.222 e. The van der Waals surface area contributed by atoms with Gasteiger partial charge in [-0.05, 0) is 49.7 Å². The predicted octanol–water partition coefficient (Wildman–Crippen LogP) is 5.33. The van der Waals surface area contributed by atoms with Crippen molar-refractivity contribution in [2.45, 2.75) is 32.4 Å². The van der Waals surface area contributed by atoms with Crippen LogP contribution < -0.4 is 10.1 Å². The molecule has 0 unspecified atom stereocenters. The van der Waals surface area contributed by atoms with E-state index in [1.807, 2.05) is 29.2 Å². The molecule has 0 saturated carbocycles. The molecule has 4 nitrogen and oxygen atoms in total. The summed E-state index contributed by atoms with van der Waals surface area (Å²) in [7, 11) is 0. The Balaban J connectivity index is 1.51. The summed E-state index contributed by atoms with van der Waals surface area (Å²) in [6, 6.07) is 10.9. The van der Waals surface area contributed by atoms with E-state index in [1.165, 1.54) is 0 Å². The molecule has 1 N–H and O–H groups in total. The summed E-state index contributed by atoms with van der Waals surface area (Å²) >= 11 is 18.3. The van der Waals surface area contributed by atoms with Crippen LogP contribution in [-0.4, -0.2) is 30.4 Å². The lowest BCUT2D eigenvalue weighted by molar-refractivity contribution is -0.127. The van der Waals surface area contributed by atoms with Gasteiger partial charge in [-0.25, -0.2) is 0 Å². The summed E-state index contributed by atoms with van der Waals surface area (Å²) in [4.78, 5) is 13.6. The molecule has 28 heavy (non-hydrogen) atoms. The fourth-order valence-corrected chi connectivity index (χ4v) is 3.84. The van der Waals surface area contributed by atoms with Crippen molar-refractivity contribution in [3.8, 4) is 5.75 Å². The Morgan fingerprint density at radius 3 is 2.57 bits per heavy atom. The summed E-state index contributed by atoms with van der Waals surface area (Å²) in [5, 5.41) is 5.25. The predicted molar refractivity (Wildman–Crippen MR) is 114 cm³/mol. The lowest BCUT2D eigenvalue weighted by Crippen LogP contribution is -2.28. The Labute approximate surface area is 180 Å². The highest BCUT2D eigenvalue weighted by molar-refractivity contribution is 6.35. The molecule has 1 aliphatic heterocycles. The third kappa shape index (κ3) is 6.02. The SMILES string of the molecule is O=C1CCCN1CCCNCc1cc(Cl)ccc1OCc1ccc(Cl)cc1Cl. The molecule has 1 fully saturated rings. The van der Waals surface area contributed by atoms with Crippen LogP contribution in [0.4, 0.5) is 0 Å². The highest BCUT2D eigenvalue weighted by atomic mass is 35.5. The number of hydrogen-bond donors (Lipinski definition) is 1. The van der Waals surface area contributed by atoms with Crippen LogP contribution in [0.5, 0.6) is 5.75 Å². The van der Waals surface area contributed by atoms with E-state index in [-0.39, 0.29) is 5.91 Å². The van der Waals surface area contributed by atoms with Crippen molar-refractivity contribution < 1.29 is 9.53 Å². The van der Waals surface area contributed by atoms with Crippen LogP contribution in [0.2, 0.25) is 15.1 Å². The van der Waals surface area contributed by atoms with Crippen molar-refractivity contribution in [3.63, 3.8) is 0 Å². The second-order valence-corrected chi connectivity index (χ2v) is 8.07. The Morgan fingerprint density at radius 1 is 1.04 bits per heavy atom. The van der Waals surface area contributed by atoms with Crippen LogP contribution in [0.15, 0.2) is 36.4 Å². The first kappa shape index (κ1) is 21.3. The molecule has 2 aromatic carbocycles. The van der Waals surface area contributed by atoms with Gasteiger partial charge in [-0.1, -0.05) is 40.9 Å². The highest BCUT2D eigenvalue weighted by Gasteiger charge is 2.18. The molecule has 0 aromatic heterocycles. The van der Waals surface area contributed by atoms with Gasteiger partial charge in [-0.2, -0.15) is 0 Å². The summed E-state index contributed by atoms with van der Waals surface area (Å²) < 4.78 is 5.97. The van der Waals surface area contributed by atoms with Crippen molar-refractivity contribution in [3.05, 3.63) is 62.6 Å². The molecule has 3 rings (SSSR count). The molecular formula is C21H23Cl3N2O2. The number of carbonyl (C=O) groups is 1. The van der Waals surface area contributed by atoms with Crippen molar-refractivity contribution in [2.24, 2.45) is 0 Å². The van der Waals surface area contributed by atoms with Gasteiger partial charge in [-0.15, -0.1) is 0 Å². The van der Waals surface area contributed by atoms with Gasteiger partial charge >= 0.3 is 0 Å². The Hall–Kier alpha value is -1.46. The Bertz CT molecular complexity index is 829. The normalized spacial score (nSPS) is 14.0. The van der Waals surface area contributed by atoms with Gasteiger partial charge in [0.15, 0.2) is 0 Å².